The standard InChI is InChI=1S/C26H22Cl2NO4/c27-18-3-1-17(21(28)9-18)11-29-6-5-16-8-24-25(32-13-31-24)10-19(16)22(29)7-15-2-4-23-26(20(15)12-29)33-14-30-23/h1-4,8-10,22H,5-7,11-14H2/q+1. The highest BCUT2D eigenvalue weighted by Crippen LogP contribution is 2.52. The van der Waals surface area contributed by atoms with Gasteiger partial charge in [-0.15, -0.1) is 0 Å². The Morgan fingerprint density at radius 1 is 0.848 bits per heavy atom. The predicted octanol–water partition coefficient (Wildman–Crippen LogP) is 5.82. The Bertz CT molecular complexity index is 1310. The van der Waals surface area contributed by atoms with E-state index in [-0.39, 0.29) is 19.6 Å². The summed E-state index contributed by atoms with van der Waals surface area (Å²) in [5.74, 6) is 3.45. The van der Waals surface area contributed by atoms with E-state index in [4.69, 9.17) is 42.1 Å². The van der Waals surface area contributed by atoms with E-state index in [1.807, 2.05) is 18.2 Å². The van der Waals surface area contributed by atoms with Crippen molar-refractivity contribution in [3.8, 4) is 23.0 Å². The predicted molar refractivity (Wildman–Crippen MR) is 124 cm³/mol. The molecule has 0 fully saturated rings. The van der Waals surface area contributed by atoms with Gasteiger partial charge in [-0.1, -0.05) is 35.3 Å². The summed E-state index contributed by atoms with van der Waals surface area (Å²) in [6.07, 6.45) is 1.89. The fraction of sp³-hybridized carbons (Fsp3) is 0.308. The van der Waals surface area contributed by atoms with E-state index in [0.717, 1.165) is 65.5 Å². The number of ether oxygens (including phenoxy) is 4. The number of fused-ring (bicyclic) bond motifs is 7. The molecule has 0 aliphatic carbocycles. The highest BCUT2D eigenvalue weighted by atomic mass is 35.5. The molecule has 0 spiro atoms. The van der Waals surface area contributed by atoms with Crippen molar-refractivity contribution in [2.45, 2.75) is 32.0 Å². The van der Waals surface area contributed by atoms with Crippen LogP contribution in [0.4, 0.5) is 0 Å². The molecule has 168 valence electrons. The van der Waals surface area contributed by atoms with Gasteiger partial charge in [0, 0.05) is 29.0 Å². The molecule has 0 aromatic heterocycles. The first-order valence-electron chi connectivity index (χ1n) is 11.2. The Balaban J connectivity index is 1.39. The second-order valence-corrected chi connectivity index (χ2v) is 10.1. The number of rotatable bonds is 2. The van der Waals surface area contributed by atoms with Crippen LogP contribution in [0.5, 0.6) is 23.0 Å². The van der Waals surface area contributed by atoms with Crippen molar-refractivity contribution < 1.29 is 23.4 Å². The Morgan fingerprint density at radius 2 is 1.67 bits per heavy atom. The summed E-state index contributed by atoms with van der Waals surface area (Å²) in [4.78, 5) is 0. The van der Waals surface area contributed by atoms with Gasteiger partial charge in [0.2, 0.25) is 13.6 Å². The van der Waals surface area contributed by atoms with Gasteiger partial charge in [0.05, 0.1) is 17.1 Å². The number of benzene rings is 3. The van der Waals surface area contributed by atoms with Gasteiger partial charge in [0.1, 0.15) is 19.1 Å². The van der Waals surface area contributed by atoms with Crippen LogP contribution in [0.15, 0.2) is 42.5 Å². The minimum absolute atomic E-state index is 0.280. The number of quaternary nitrogens is 1. The molecule has 4 aliphatic heterocycles. The van der Waals surface area contributed by atoms with Crippen molar-refractivity contribution in [1.29, 1.82) is 0 Å². The summed E-state index contributed by atoms with van der Waals surface area (Å²) in [6.45, 7) is 3.25. The molecule has 5 nitrogen and oxygen atoms in total. The van der Waals surface area contributed by atoms with E-state index in [1.165, 1.54) is 22.3 Å². The minimum Gasteiger partial charge on any atom is -0.454 e. The molecule has 0 N–H and O–H groups in total. The maximum atomic E-state index is 6.67. The van der Waals surface area contributed by atoms with Crippen molar-refractivity contribution in [3.63, 3.8) is 0 Å². The summed E-state index contributed by atoms with van der Waals surface area (Å²) < 4.78 is 23.9. The molecule has 0 bridgehead atoms. The molecular formula is C26H22Cl2NO4+. The number of nitrogens with zero attached hydrogens (tertiary/aromatic N) is 1. The second-order valence-electron chi connectivity index (χ2n) is 9.31. The zero-order valence-electron chi connectivity index (χ0n) is 17.9. The number of hydrogen-bond acceptors (Lipinski definition) is 4. The lowest BCUT2D eigenvalue weighted by Crippen LogP contribution is -2.55. The Hall–Kier alpha value is -2.60. The first-order valence-corrected chi connectivity index (χ1v) is 12.0. The zero-order valence-corrected chi connectivity index (χ0v) is 19.4. The summed E-state index contributed by atoms with van der Waals surface area (Å²) in [7, 11) is 0. The fourth-order valence-electron chi connectivity index (χ4n) is 6.01. The van der Waals surface area contributed by atoms with Gasteiger partial charge in [-0.05, 0) is 41.5 Å². The molecule has 0 saturated carbocycles. The third-order valence-corrected chi connectivity index (χ3v) is 8.19. The third kappa shape index (κ3) is 3.03. The second kappa shape index (κ2) is 7.20. The van der Waals surface area contributed by atoms with E-state index in [9.17, 15) is 0 Å². The van der Waals surface area contributed by atoms with E-state index in [1.54, 1.807) is 0 Å². The molecule has 2 unspecified atom stereocenters. The van der Waals surface area contributed by atoms with Crippen LogP contribution in [0.3, 0.4) is 0 Å². The van der Waals surface area contributed by atoms with Crippen LogP contribution in [0.1, 0.15) is 33.9 Å². The summed E-state index contributed by atoms with van der Waals surface area (Å²) in [6, 6.07) is 14.7. The van der Waals surface area contributed by atoms with Crippen molar-refractivity contribution in [1.82, 2.24) is 0 Å². The van der Waals surface area contributed by atoms with Crippen molar-refractivity contribution in [3.05, 3.63) is 80.3 Å². The highest BCUT2D eigenvalue weighted by Gasteiger charge is 2.48. The molecule has 0 radical (unpaired) electrons. The normalized spacial score (nSPS) is 23.6. The van der Waals surface area contributed by atoms with Crippen LogP contribution in [-0.4, -0.2) is 24.6 Å². The zero-order chi connectivity index (χ0) is 22.2. The van der Waals surface area contributed by atoms with Crippen LogP contribution < -0.4 is 18.9 Å². The van der Waals surface area contributed by atoms with Crippen molar-refractivity contribution >= 4 is 23.2 Å². The molecule has 4 aliphatic rings. The van der Waals surface area contributed by atoms with Gasteiger partial charge in [0.25, 0.3) is 0 Å². The molecule has 0 amide bonds. The van der Waals surface area contributed by atoms with Crippen LogP contribution in [-0.2, 0) is 25.9 Å². The third-order valence-electron chi connectivity index (χ3n) is 7.61. The molecule has 3 aromatic rings. The Labute approximate surface area is 201 Å². The van der Waals surface area contributed by atoms with Gasteiger partial charge in [-0.3, -0.25) is 0 Å². The van der Waals surface area contributed by atoms with E-state index in [0.29, 0.717) is 10.0 Å². The fourth-order valence-corrected chi connectivity index (χ4v) is 6.47. The maximum absolute atomic E-state index is 6.67. The molecule has 0 saturated heterocycles. The Kier molecular flexibility index (Phi) is 4.33. The monoisotopic (exact) mass is 482 g/mol. The SMILES string of the molecule is Clc1ccc(C[N+]23CCc4cc5c(cc4C2Cc2ccc4c(c2C3)OCO4)OCO5)c(Cl)c1. The minimum atomic E-state index is 0.280. The van der Waals surface area contributed by atoms with Crippen LogP contribution in [0, 0.1) is 0 Å². The van der Waals surface area contributed by atoms with Crippen molar-refractivity contribution in [2.75, 3.05) is 20.1 Å². The quantitative estimate of drug-likeness (QED) is 0.431. The van der Waals surface area contributed by atoms with Crippen LogP contribution in [0.2, 0.25) is 10.0 Å². The number of halogens is 2. The molecule has 2 atom stereocenters. The number of hydrogen-bond donors (Lipinski definition) is 0. The van der Waals surface area contributed by atoms with Crippen LogP contribution >= 0.6 is 23.2 Å². The first-order chi connectivity index (χ1) is 16.1. The smallest absolute Gasteiger partial charge is 0.231 e. The molecule has 33 heavy (non-hydrogen) atoms. The molecule has 7 rings (SSSR count). The average Bonchev–Trinajstić information content (AvgIpc) is 3.47. The summed E-state index contributed by atoms with van der Waals surface area (Å²) in [5, 5.41) is 1.37. The van der Waals surface area contributed by atoms with Crippen LogP contribution in [0.25, 0.3) is 0 Å². The van der Waals surface area contributed by atoms with Gasteiger partial charge >= 0.3 is 0 Å². The lowest BCUT2D eigenvalue weighted by molar-refractivity contribution is -0.985. The first kappa shape index (κ1) is 19.8. The summed E-state index contributed by atoms with van der Waals surface area (Å²) in [5.41, 5.74) is 6.40. The van der Waals surface area contributed by atoms with Crippen molar-refractivity contribution in [2.24, 2.45) is 0 Å². The molecular weight excluding hydrogens is 461 g/mol. The topological polar surface area (TPSA) is 36.9 Å². The highest BCUT2D eigenvalue weighted by molar-refractivity contribution is 6.35. The Morgan fingerprint density at radius 3 is 2.55 bits per heavy atom. The lowest BCUT2D eigenvalue weighted by atomic mass is 9.80. The molecule has 7 heteroatoms. The van der Waals surface area contributed by atoms with E-state index in [2.05, 4.69) is 24.3 Å². The molecule has 4 heterocycles. The molecule has 3 aromatic carbocycles. The largest absolute Gasteiger partial charge is 0.454 e. The average molecular weight is 483 g/mol. The van der Waals surface area contributed by atoms with E-state index >= 15 is 0 Å². The van der Waals surface area contributed by atoms with Gasteiger partial charge in [-0.2, -0.15) is 0 Å². The summed E-state index contributed by atoms with van der Waals surface area (Å²) >= 11 is 12.9. The van der Waals surface area contributed by atoms with Gasteiger partial charge < -0.3 is 23.4 Å². The maximum Gasteiger partial charge on any atom is 0.231 e. The van der Waals surface area contributed by atoms with E-state index < -0.39 is 0 Å². The lowest BCUT2D eigenvalue weighted by Gasteiger charge is -2.51. The van der Waals surface area contributed by atoms with Gasteiger partial charge in [-0.25, -0.2) is 0 Å². The van der Waals surface area contributed by atoms with Gasteiger partial charge in [0.15, 0.2) is 23.0 Å².